The lowest BCUT2D eigenvalue weighted by Crippen LogP contribution is -2.15. The summed E-state index contributed by atoms with van der Waals surface area (Å²) in [5, 5.41) is 7.18. The molecule has 0 spiro atoms. The number of aryl methyl sites for hydroxylation is 1. The summed E-state index contributed by atoms with van der Waals surface area (Å²) in [5.41, 5.74) is 2.94. The summed E-state index contributed by atoms with van der Waals surface area (Å²) in [6.07, 6.45) is 2.98. The molecule has 0 aliphatic rings. The predicted octanol–water partition coefficient (Wildman–Crippen LogP) is 3.29. The van der Waals surface area contributed by atoms with Gasteiger partial charge >= 0.3 is 5.69 Å². The first-order valence-electron chi connectivity index (χ1n) is 9.33. The number of nitrogens with one attached hydrogen (secondary N) is 2. The highest BCUT2D eigenvalue weighted by molar-refractivity contribution is 5.64. The van der Waals surface area contributed by atoms with Crippen LogP contribution in [-0.4, -0.2) is 40.1 Å². The SMILES string of the molecule is COCCOc1ccc(C)c(Nc2ncc(-c3cccc(-n4nc[nH]c4=O)c3)o2)c1. The molecule has 4 aromatic rings. The summed E-state index contributed by atoms with van der Waals surface area (Å²) in [6, 6.07) is 13.4. The maximum Gasteiger partial charge on any atom is 0.347 e. The number of aromatic amines is 1. The summed E-state index contributed by atoms with van der Waals surface area (Å²) >= 11 is 0. The maximum atomic E-state index is 11.8. The Morgan fingerprint density at radius 2 is 2.10 bits per heavy atom. The van der Waals surface area contributed by atoms with E-state index in [-0.39, 0.29) is 5.69 Å². The molecular formula is C21H21N5O4. The summed E-state index contributed by atoms with van der Waals surface area (Å²) in [5.74, 6) is 1.29. The topological polar surface area (TPSA) is 107 Å². The fourth-order valence-electron chi connectivity index (χ4n) is 2.88. The lowest BCUT2D eigenvalue weighted by Gasteiger charge is -2.10. The Labute approximate surface area is 172 Å². The molecule has 0 unspecified atom stereocenters. The fraction of sp³-hybridized carbons (Fsp3) is 0.190. The lowest BCUT2D eigenvalue weighted by molar-refractivity contribution is 0.146. The average Bonchev–Trinajstić information content (AvgIpc) is 3.40. The fourth-order valence-corrected chi connectivity index (χ4v) is 2.88. The Bertz CT molecular complexity index is 1190. The van der Waals surface area contributed by atoms with Gasteiger partial charge in [-0.25, -0.2) is 9.78 Å². The molecule has 9 heteroatoms. The zero-order valence-corrected chi connectivity index (χ0v) is 16.6. The van der Waals surface area contributed by atoms with E-state index in [1.165, 1.54) is 11.0 Å². The van der Waals surface area contributed by atoms with Crippen LogP contribution in [0.3, 0.4) is 0 Å². The van der Waals surface area contributed by atoms with Crippen LogP contribution in [-0.2, 0) is 4.74 Å². The van der Waals surface area contributed by atoms with Gasteiger partial charge in [-0.3, -0.25) is 4.98 Å². The van der Waals surface area contributed by atoms with Gasteiger partial charge in [0.25, 0.3) is 6.01 Å². The summed E-state index contributed by atoms with van der Waals surface area (Å²) < 4.78 is 17.8. The van der Waals surface area contributed by atoms with Crippen LogP contribution in [0.1, 0.15) is 5.56 Å². The normalized spacial score (nSPS) is 10.9. The Kier molecular flexibility index (Phi) is 5.62. The van der Waals surface area contributed by atoms with Gasteiger partial charge in [0.15, 0.2) is 5.76 Å². The van der Waals surface area contributed by atoms with Gasteiger partial charge in [-0.05, 0) is 30.7 Å². The van der Waals surface area contributed by atoms with Crippen LogP contribution in [0.25, 0.3) is 17.0 Å². The molecule has 2 aromatic heterocycles. The second-order valence-electron chi connectivity index (χ2n) is 6.53. The molecule has 0 saturated carbocycles. The van der Waals surface area contributed by atoms with Crippen molar-refractivity contribution in [2.45, 2.75) is 6.92 Å². The Balaban J connectivity index is 1.53. The average molecular weight is 407 g/mol. The third-order valence-corrected chi connectivity index (χ3v) is 4.44. The van der Waals surface area contributed by atoms with Gasteiger partial charge in [-0.2, -0.15) is 9.78 Å². The van der Waals surface area contributed by atoms with Gasteiger partial charge in [0.05, 0.1) is 18.5 Å². The molecule has 2 N–H and O–H groups in total. The first-order chi connectivity index (χ1) is 14.6. The van der Waals surface area contributed by atoms with Crippen molar-refractivity contribution in [3.05, 3.63) is 71.0 Å². The van der Waals surface area contributed by atoms with E-state index in [9.17, 15) is 4.79 Å². The standard InChI is InChI=1S/C21H21N5O4/c1-14-6-7-17(29-9-8-28-2)11-18(14)25-20-22-12-19(30-20)15-4-3-5-16(10-15)26-21(27)23-13-24-26/h3-7,10-13H,8-9H2,1-2H3,(H,22,25)(H,23,24,27). The van der Waals surface area contributed by atoms with Gasteiger partial charge in [-0.15, -0.1) is 0 Å². The van der Waals surface area contributed by atoms with Crippen molar-refractivity contribution in [3.63, 3.8) is 0 Å². The zero-order valence-electron chi connectivity index (χ0n) is 16.6. The van der Waals surface area contributed by atoms with E-state index < -0.39 is 0 Å². The van der Waals surface area contributed by atoms with Crippen LogP contribution in [0.2, 0.25) is 0 Å². The molecule has 0 saturated heterocycles. The Morgan fingerprint density at radius 3 is 2.90 bits per heavy atom. The number of aromatic nitrogens is 4. The largest absolute Gasteiger partial charge is 0.491 e. The molecule has 0 radical (unpaired) electrons. The summed E-state index contributed by atoms with van der Waals surface area (Å²) in [4.78, 5) is 18.6. The molecule has 0 bridgehead atoms. The van der Waals surface area contributed by atoms with Gasteiger partial charge in [0, 0.05) is 24.4 Å². The Morgan fingerprint density at radius 1 is 1.20 bits per heavy atom. The zero-order chi connectivity index (χ0) is 20.9. The van der Waals surface area contributed by atoms with Gasteiger partial charge < -0.3 is 19.2 Å². The summed E-state index contributed by atoms with van der Waals surface area (Å²) in [7, 11) is 1.63. The molecule has 0 aliphatic heterocycles. The van der Waals surface area contributed by atoms with Crippen LogP contribution in [0.4, 0.5) is 11.7 Å². The monoisotopic (exact) mass is 407 g/mol. The molecule has 2 aromatic carbocycles. The van der Waals surface area contributed by atoms with E-state index in [1.54, 1.807) is 19.4 Å². The van der Waals surface area contributed by atoms with Crippen LogP contribution >= 0.6 is 0 Å². The van der Waals surface area contributed by atoms with Crippen LogP contribution in [0.5, 0.6) is 5.75 Å². The molecule has 0 amide bonds. The molecule has 0 atom stereocenters. The van der Waals surface area contributed by atoms with E-state index in [2.05, 4.69) is 20.4 Å². The maximum absolute atomic E-state index is 11.8. The molecule has 154 valence electrons. The van der Waals surface area contributed by atoms with E-state index >= 15 is 0 Å². The van der Waals surface area contributed by atoms with Crippen molar-refractivity contribution in [1.29, 1.82) is 0 Å². The number of hydrogen-bond donors (Lipinski definition) is 2. The van der Waals surface area contributed by atoms with Crippen molar-refractivity contribution in [2.24, 2.45) is 0 Å². The Hall–Kier alpha value is -3.85. The van der Waals surface area contributed by atoms with Crippen molar-refractivity contribution in [2.75, 3.05) is 25.6 Å². The number of nitrogens with zero attached hydrogens (tertiary/aromatic N) is 3. The predicted molar refractivity (Wildman–Crippen MR) is 112 cm³/mol. The number of benzene rings is 2. The number of methoxy groups -OCH3 is 1. The van der Waals surface area contributed by atoms with Crippen LogP contribution in [0, 0.1) is 6.92 Å². The smallest absolute Gasteiger partial charge is 0.347 e. The van der Waals surface area contributed by atoms with Crippen molar-refractivity contribution in [3.8, 4) is 22.8 Å². The van der Waals surface area contributed by atoms with E-state index in [1.807, 2.05) is 43.3 Å². The number of anilines is 2. The molecule has 30 heavy (non-hydrogen) atoms. The van der Waals surface area contributed by atoms with E-state index in [0.29, 0.717) is 30.7 Å². The number of rotatable bonds is 8. The lowest BCUT2D eigenvalue weighted by atomic mass is 10.1. The third kappa shape index (κ3) is 4.26. The van der Waals surface area contributed by atoms with Crippen LogP contribution < -0.4 is 15.7 Å². The second kappa shape index (κ2) is 8.66. The molecular weight excluding hydrogens is 386 g/mol. The van der Waals surface area contributed by atoms with Crippen molar-refractivity contribution >= 4 is 11.7 Å². The molecule has 4 rings (SSSR count). The van der Waals surface area contributed by atoms with E-state index in [0.717, 1.165) is 22.6 Å². The minimum absolute atomic E-state index is 0.310. The molecule has 0 fully saturated rings. The first-order valence-corrected chi connectivity index (χ1v) is 9.33. The highest BCUT2D eigenvalue weighted by atomic mass is 16.5. The van der Waals surface area contributed by atoms with Gasteiger partial charge in [-0.1, -0.05) is 18.2 Å². The minimum Gasteiger partial charge on any atom is -0.491 e. The second-order valence-corrected chi connectivity index (χ2v) is 6.53. The quantitative estimate of drug-likeness (QED) is 0.432. The van der Waals surface area contributed by atoms with E-state index in [4.69, 9.17) is 13.9 Å². The number of H-pyrrole nitrogens is 1. The highest BCUT2D eigenvalue weighted by Gasteiger charge is 2.11. The number of ether oxygens (including phenoxy) is 2. The first kappa shape index (κ1) is 19.5. The summed E-state index contributed by atoms with van der Waals surface area (Å²) in [6.45, 7) is 2.97. The van der Waals surface area contributed by atoms with Gasteiger partial charge in [0.2, 0.25) is 0 Å². The van der Waals surface area contributed by atoms with Crippen LogP contribution in [0.15, 0.2) is 64.2 Å². The minimum atomic E-state index is -0.310. The molecule has 0 aliphatic carbocycles. The highest BCUT2D eigenvalue weighted by Crippen LogP contribution is 2.28. The van der Waals surface area contributed by atoms with Gasteiger partial charge in [0.1, 0.15) is 18.7 Å². The van der Waals surface area contributed by atoms with Crippen molar-refractivity contribution < 1.29 is 13.9 Å². The molecule has 9 nitrogen and oxygen atoms in total. The number of oxazole rings is 1. The number of hydrogen-bond acceptors (Lipinski definition) is 7. The van der Waals surface area contributed by atoms with Crippen molar-refractivity contribution in [1.82, 2.24) is 19.7 Å². The third-order valence-electron chi connectivity index (χ3n) is 4.44. The molecule has 2 heterocycles.